The van der Waals surface area contributed by atoms with E-state index in [4.69, 9.17) is 5.14 Å². The zero-order valence-electron chi connectivity index (χ0n) is 14.0. The molecule has 8 heteroatoms. The summed E-state index contributed by atoms with van der Waals surface area (Å²) in [6.07, 6.45) is 0. The van der Waals surface area contributed by atoms with Crippen LogP contribution in [0.4, 0.5) is 5.69 Å². The maximum Gasteiger partial charge on any atom is 0.238 e. The summed E-state index contributed by atoms with van der Waals surface area (Å²) in [5.41, 5.74) is 1.78. The second-order valence-electron chi connectivity index (χ2n) is 5.70. The first-order valence-corrected chi connectivity index (χ1v) is 10.3. The van der Waals surface area contributed by atoms with Crippen LogP contribution in [0.15, 0.2) is 64.5 Å². The van der Waals surface area contributed by atoms with Gasteiger partial charge in [-0.25, -0.2) is 18.5 Å². The van der Waals surface area contributed by atoms with Crippen LogP contribution in [0.5, 0.6) is 0 Å². The number of amides is 1. The lowest BCUT2D eigenvalue weighted by atomic mass is 10.2. The van der Waals surface area contributed by atoms with Crippen LogP contribution in [-0.2, 0) is 14.8 Å². The summed E-state index contributed by atoms with van der Waals surface area (Å²) in [6.45, 7) is 1.65. The number of hydrogen-bond donors (Lipinski definition) is 2. The fourth-order valence-corrected chi connectivity index (χ4v) is 3.94. The number of carbonyl (C=O) groups excluding carboxylic acids is 1. The van der Waals surface area contributed by atoms with E-state index in [2.05, 4.69) is 10.3 Å². The van der Waals surface area contributed by atoms with Crippen molar-refractivity contribution in [3.05, 3.63) is 60.2 Å². The van der Waals surface area contributed by atoms with Gasteiger partial charge in [0.25, 0.3) is 0 Å². The number of aryl methyl sites for hydroxylation is 1. The van der Waals surface area contributed by atoms with Gasteiger partial charge in [-0.05, 0) is 36.8 Å². The fraction of sp³-hybridized carbons (Fsp3) is 0.111. The normalized spacial score (nSPS) is 11.5. The lowest BCUT2D eigenvalue weighted by molar-refractivity contribution is -0.113. The highest BCUT2D eigenvalue weighted by Crippen LogP contribution is 2.22. The Morgan fingerprint density at radius 3 is 2.69 bits per heavy atom. The molecule has 0 atom stereocenters. The minimum atomic E-state index is -3.83. The quantitative estimate of drug-likeness (QED) is 0.655. The van der Waals surface area contributed by atoms with Gasteiger partial charge in [-0.3, -0.25) is 4.79 Å². The number of aromatic nitrogens is 1. The maximum absolute atomic E-state index is 12.2. The summed E-state index contributed by atoms with van der Waals surface area (Å²) < 4.78 is 23.1. The van der Waals surface area contributed by atoms with Crippen LogP contribution < -0.4 is 10.5 Å². The Labute approximate surface area is 155 Å². The Kier molecular flexibility index (Phi) is 5.26. The van der Waals surface area contributed by atoms with Gasteiger partial charge in [0.1, 0.15) is 0 Å². The van der Waals surface area contributed by atoms with E-state index in [1.54, 1.807) is 19.1 Å². The molecule has 1 amide bonds. The number of anilines is 1. The maximum atomic E-state index is 12.2. The van der Waals surface area contributed by atoms with Gasteiger partial charge in [0, 0.05) is 11.1 Å². The Balaban J connectivity index is 1.67. The lowest BCUT2D eigenvalue weighted by Crippen LogP contribution is -2.17. The van der Waals surface area contributed by atoms with Crippen molar-refractivity contribution in [1.82, 2.24) is 4.98 Å². The highest BCUT2D eigenvalue weighted by molar-refractivity contribution is 7.99. The van der Waals surface area contributed by atoms with Crippen LogP contribution >= 0.6 is 11.8 Å². The third-order valence-electron chi connectivity index (χ3n) is 3.70. The number of benzene rings is 2. The number of pyridine rings is 1. The molecule has 134 valence electrons. The zero-order valence-corrected chi connectivity index (χ0v) is 15.6. The van der Waals surface area contributed by atoms with Gasteiger partial charge >= 0.3 is 0 Å². The van der Waals surface area contributed by atoms with Crippen molar-refractivity contribution in [2.75, 3.05) is 11.1 Å². The van der Waals surface area contributed by atoms with Gasteiger partial charge in [-0.1, -0.05) is 42.1 Å². The number of fused-ring (bicyclic) bond motifs is 1. The summed E-state index contributed by atoms with van der Waals surface area (Å²) >= 11 is 1.31. The first-order chi connectivity index (χ1) is 12.3. The Hall–Kier alpha value is -2.42. The number of primary sulfonamides is 1. The second-order valence-corrected chi connectivity index (χ2v) is 8.23. The largest absolute Gasteiger partial charge is 0.325 e. The predicted octanol–water partition coefficient (Wildman–Crippen LogP) is 2.92. The van der Waals surface area contributed by atoms with Crippen molar-refractivity contribution in [3.8, 4) is 0 Å². The van der Waals surface area contributed by atoms with Gasteiger partial charge in [-0.15, -0.1) is 0 Å². The number of hydrogen-bond acceptors (Lipinski definition) is 5. The average molecular weight is 387 g/mol. The van der Waals surface area contributed by atoms with E-state index in [9.17, 15) is 13.2 Å². The van der Waals surface area contributed by atoms with Crippen LogP contribution in [-0.4, -0.2) is 25.1 Å². The van der Waals surface area contributed by atoms with E-state index in [1.807, 2.05) is 36.4 Å². The van der Waals surface area contributed by atoms with Crippen LogP contribution in [0.3, 0.4) is 0 Å². The number of rotatable bonds is 5. The predicted molar refractivity (Wildman–Crippen MR) is 104 cm³/mol. The van der Waals surface area contributed by atoms with Gasteiger partial charge in [0.05, 0.1) is 21.2 Å². The summed E-state index contributed by atoms with van der Waals surface area (Å²) in [5, 5.41) is 9.65. The molecule has 0 fully saturated rings. The number of carbonyl (C=O) groups is 1. The Morgan fingerprint density at radius 1 is 1.15 bits per heavy atom. The first-order valence-electron chi connectivity index (χ1n) is 7.75. The molecule has 3 N–H and O–H groups in total. The molecule has 0 radical (unpaired) electrons. The topological polar surface area (TPSA) is 102 Å². The van der Waals surface area contributed by atoms with Crippen molar-refractivity contribution in [2.24, 2.45) is 5.14 Å². The SMILES string of the molecule is Cc1ccc(NC(=O)CSc2ccc3ccccc3n2)cc1S(N)(=O)=O. The molecule has 3 aromatic rings. The molecule has 0 saturated carbocycles. The molecule has 3 rings (SSSR count). The number of para-hydroxylation sites is 1. The molecule has 0 aliphatic carbocycles. The number of sulfonamides is 1. The molecular weight excluding hydrogens is 370 g/mol. The molecule has 0 aliphatic heterocycles. The standard InChI is InChI=1S/C18H17N3O3S2/c1-12-6-8-14(10-16(12)26(19,23)24)20-17(22)11-25-18-9-7-13-4-2-3-5-15(13)21-18/h2-10H,11H2,1H3,(H,20,22)(H2,19,23,24). The van der Waals surface area contributed by atoms with Crippen molar-refractivity contribution >= 4 is 44.3 Å². The van der Waals surface area contributed by atoms with Crippen LogP contribution in [0.1, 0.15) is 5.56 Å². The molecule has 0 spiro atoms. The summed E-state index contributed by atoms with van der Waals surface area (Å²) in [5.74, 6) is -0.0987. The van der Waals surface area contributed by atoms with Gasteiger partial charge in [0.15, 0.2) is 0 Å². The first kappa shape index (κ1) is 18.4. The molecule has 26 heavy (non-hydrogen) atoms. The highest BCUT2D eigenvalue weighted by atomic mass is 32.2. The number of nitrogens with zero attached hydrogens (tertiary/aromatic N) is 1. The molecule has 1 heterocycles. The van der Waals surface area contributed by atoms with E-state index in [-0.39, 0.29) is 16.6 Å². The third kappa shape index (κ3) is 4.40. The average Bonchev–Trinajstić information content (AvgIpc) is 2.60. The smallest absolute Gasteiger partial charge is 0.238 e. The summed E-state index contributed by atoms with van der Waals surface area (Å²) in [6, 6.07) is 16.2. The fourth-order valence-electron chi connectivity index (χ4n) is 2.45. The minimum Gasteiger partial charge on any atom is -0.325 e. The van der Waals surface area contributed by atoms with E-state index in [0.717, 1.165) is 15.9 Å². The van der Waals surface area contributed by atoms with Crippen LogP contribution in [0.25, 0.3) is 10.9 Å². The monoisotopic (exact) mass is 387 g/mol. The molecule has 6 nitrogen and oxygen atoms in total. The third-order valence-corrected chi connectivity index (χ3v) is 5.68. The Bertz CT molecular complexity index is 1080. The highest BCUT2D eigenvalue weighted by Gasteiger charge is 2.13. The van der Waals surface area contributed by atoms with Gasteiger partial charge in [-0.2, -0.15) is 0 Å². The number of nitrogens with one attached hydrogen (secondary N) is 1. The van der Waals surface area contributed by atoms with Crippen molar-refractivity contribution in [2.45, 2.75) is 16.8 Å². The molecule has 0 saturated heterocycles. The van der Waals surface area contributed by atoms with Crippen LogP contribution in [0.2, 0.25) is 0 Å². The van der Waals surface area contributed by atoms with Gasteiger partial charge < -0.3 is 5.32 Å². The molecule has 0 aliphatic rings. The van der Waals surface area contributed by atoms with Gasteiger partial charge in [0.2, 0.25) is 15.9 Å². The minimum absolute atomic E-state index is 0.000788. The van der Waals surface area contributed by atoms with E-state index < -0.39 is 10.0 Å². The van der Waals surface area contributed by atoms with E-state index in [1.165, 1.54) is 17.8 Å². The molecule has 1 aromatic heterocycles. The second kappa shape index (κ2) is 7.45. The lowest BCUT2D eigenvalue weighted by Gasteiger charge is -2.09. The van der Waals surface area contributed by atoms with Crippen LogP contribution in [0, 0.1) is 6.92 Å². The number of thioether (sulfide) groups is 1. The molecule has 0 unspecified atom stereocenters. The van der Waals surface area contributed by atoms with Crippen molar-refractivity contribution in [3.63, 3.8) is 0 Å². The summed E-state index contributed by atoms with van der Waals surface area (Å²) in [7, 11) is -3.83. The van der Waals surface area contributed by atoms with Crippen molar-refractivity contribution in [1.29, 1.82) is 0 Å². The Morgan fingerprint density at radius 2 is 1.92 bits per heavy atom. The number of nitrogens with two attached hydrogens (primary N) is 1. The van der Waals surface area contributed by atoms with E-state index >= 15 is 0 Å². The molecular formula is C18H17N3O3S2. The summed E-state index contributed by atoms with van der Waals surface area (Å²) in [4.78, 5) is 16.7. The molecule has 0 bridgehead atoms. The van der Waals surface area contributed by atoms with Crippen molar-refractivity contribution < 1.29 is 13.2 Å². The zero-order chi connectivity index (χ0) is 18.7. The van der Waals surface area contributed by atoms with E-state index in [0.29, 0.717) is 11.3 Å². The molecule has 2 aromatic carbocycles.